The first-order valence-electron chi connectivity index (χ1n) is 11.7. The lowest BCUT2D eigenvalue weighted by Gasteiger charge is -2.31. The van der Waals surface area contributed by atoms with Crippen molar-refractivity contribution in [2.24, 2.45) is 5.92 Å². The Bertz CT molecular complexity index is 1080. The van der Waals surface area contributed by atoms with Gasteiger partial charge < -0.3 is 14.4 Å². The summed E-state index contributed by atoms with van der Waals surface area (Å²) in [4.78, 5) is 20.7. The van der Waals surface area contributed by atoms with Gasteiger partial charge in [-0.25, -0.2) is 4.98 Å². The molecule has 7 heteroatoms. The number of aryl methyl sites for hydroxylation is 2. The Labute approximate surface area is 189 Å². The number of ether oxygens (including phenoxy) is 2. The van der Waals surface area contributed by atoms with Gasteiger partial charge in [0.25, 0.3) is 0 Å². The predicted octanol–water partition coefficient (Wildman–Crippen LogP) is 4.05. The lowest BCUT2D eigenvalue weighted by atomic mass is 9.84. The van der Waals surface area contributed by atoms with E-state index in [1.54, 1.807) is 12.4 Å². The van der Waals surface area contributed by atoms with Crippen LogP contribution in [0.5, 0.6) is 5.75 Å². The van der Waals surface area contributed by atoms with Crippen LogP contribution < -0.4 is 9.64 Å². The van der Waals surface area contributed by atoms with E-state index in [0.717, 1.165) is 98.0 Å². The molecule has 3 heterocycles. The topological polar surface area (TPSA) is 73.3 Å². The van der Waals surface area contributed by atoms with Crippen LogP contribution in [0.1, 0.15) is 42.8 Å². The molecule has 2 aliphatic rings. The zero-order valence-corrected chi connectivity index (χ0v) is 19.0. The van der Waals surface area contributed by atoms with Crippen molar-refractivity contribution in [2.45, 2.75) is 52.1 Å². The van der Waals surface area contributed by atoms with Crippen LogP contribution >= 0.6 is 0 Å². The number of aromatic nitrogens is 4. The second-order valence-corrected chi connectivity index (χ2v) is 8.96. The molecule has 2 fully saturated rings. The van der Waals surface area contributed by atoms with E-state index in [0.29, 0.717) is 5.92 Å². The summed E-state index contributed by atoms with van der Waals surface area (Å²) in [5, 5.41) is 0. The molecule has 0 radical (unpaired) electrons. The van der Waals surface area contributed by atoms with Crippen LogP contribution in [-0.4, -0.2) is 52.3 Å². The van der Waals surface area contributed by atoms with Crippen LogP contribution in [0.2, 0.25) is 0 Å². The third-order valence-electron chi connectivity index (χ3n) is 6.73. The Morgan fingerprint density at radius 1 is 0.969 bits per heavy atom. The number of benzene rings is 1. The van der Waals surface area contributed by atoms with Gasteiger partial charge in [0.2, 0.25) is 0 Å². The lowest BCUT2D eigenvalue weighted by molar-refractivity contribution is 0.122. The van der Waals surface area contributed by atoms with Gasteiger partial charge in [-0.2, -0.15) is 0 Å². The van der Waals surface area contributed by atoms with E-state index in [4.69, 9.17) is 14.5 Å². The Morgan fingerprint density at radius 3 is 2.53 bits per heavy atom. The van der Waals surface area contributed by atoms with E-state index in [9.17, 15) is 0 Å². The predicted molar refractivity (Wildman–Crippen MR) is 124 cm³/mol. The average Bonchev–Trinajstić information content (AvgIpc) is 2.83. The summed E-state index contributed by atoms with van der Waals surface area (Å²) in [7, 11) is 0. The summed E-state index contributed by atoms with van der Waals surface area (Å²) in [6.07, 6.45) is 11.0. The number of fused-ring (bicyclic) bond motifs is 1. The van der Waals surface area contributed by atoms with Crippen molar-refractivity contribution < 1.29 is 9.47 Å². The molecule has 0 N–H and O–H groups in total. The van der Waals surface area contributed by atoms with Crippen LogP contribution in [0.3, 0.4) is 0 Å². The zero-order chi connectivity index (χ0) is 21.9. The van der Waals surface area contributed by atoms with Crippen LogP contribution in [0.25, 0.3) is 11.0 Å². The molecular formula is C25H31N5O2. The average molecular weight is 434 g/mol. The van der Waals surface area contributed by atoms with Crippen LogP contribution in [-0.2, 0) is 11.2 Å². The van der Waals surface area contributed by atoms with Gasteiger partial charge in [-0.1, -0.05) is 0 Å². The smallest absolute Gasteiger partial charge is 0.149 e. The maximum absolute atomic E-state index is 6.55. The van der Waals surface area contributed by atoms with Gasteiger partial charge in [-0.05, 0) is 57.9 Å². The number of anilines is 1. The molecule has 168 valence electrons. The molecule has 0 unspecified atom stereocenters. The van der Waals surface area contributed by atoms with E-state index in [1.165, 1.54) is 0 Å². The molecule has 2 aromatic heterocycles. The maximum atomic E-state index is 6.55. The largest absolute Gasteiger partial charge is 0.488 e. The van der Waals surface area contributed by atoms with Crippen molar-refractivity contribution in [2.75, 3.05) is 31.2 Å². The van der Waals surface area contributed by atoms with E-state index in [-0.39, 0.29) is 6.10 Å². The molecule has 1 aromatic carbocycles. The fourth-order valence-electron chi connectivity index (χ4n) is 4.74. The summed E-state index contributed by atoms with van der Waals surface area (Å²) in [6, 6.07) is 4.25. The first kappa shape index (κ1) is 21.1. The van der Waals surface area contributed by atoms with E-state index >= 15 is 0 Å². The molecule has 0 bridgehead atoms. The minimum Gasteiger partial charge on any atom is -0.488 e. The van der Waals surface area contributed by atoms with Gasteiger partial charge in [0, 0.05) is 43.4 Å². The molecule has 7 nitrogen and oxygen atoms in total. The minimum atomic E-state index is 0.210. The summed E-state index contributed by atoms with van der Waals surface area (Å²) >= 11 is 0. The van der Waals surface area contributed by atoms with Gasteiger partial charge in [-0.15, -0.1) is 0 Å². The molecule has 1 aliphatic heterocycles. The molecule has 1 saturated carbocycles. The number of rotatable bonds is 5. The summed E-state index contributed by atoms with van der Waals surface area (Å²) in [5.74, 6) is 1.49. The Hall–Kier alpha value is -2.80. The fourth-order valence-corrected chi connectivity index (χ4v) is 4.74. The van der Waals surface area contributed by atoms with Crippen LogP contribution in [0, 0.1) is 19.8 Å². The van der Waals surface area contributed by atoms with Crippen molar-refractivity contribution >= 4 is 16.7 Å². The number of hydrogen-bond donors (Lipinski definition) is 0. The third-order valence-corrected chi connectivity index (χ3v) is 6.73. The van der Waals surface area contributed by atoms with Crippen LogP contribution in [0.4, 0.5) is 5.69 Å². The summed E-state index contributed by atoms with van der Waals surface area (Å²) in [5.41, 5.74) is 6.02. The number of morpholine rings is 1. The molecule has 5 rings (SSSR count). The van der Waals surface area contributed by atoms with Gasteiger partial charge in [0.1, 0.15) is 11.3 Å². The Morgan fingerprint density at radius 2 is 1.75 bits per heavy atom. The van der Waals surface area contributed by atoms with Crippen molar-refractivity contribution in [1.82, 2.24) is 19.9 Å². The summed E-state index contributed by atoms with van der Waals surface area (Å²) < 4.78 is 12.1. The minimum absolute atomic E-state index is 0.210. The quantitative estimate of drug-likeness (QED) is 0.601. The number of nitrogens with zero attached hydrogens (tertiary/aromatic N) is 5. The molecule has 1 aliphatic carbocycles. The molecule has 0 amide bonds. The van der Waals surface area contributed by atoms with Gasteiger partial charge in [0.05, 0.1) is 41.9 Å². The monoisotopic (exact) mass is 433 g/mol. The highest BCUT2D eigenvalue weighted by atomic mass is 16.5. The second-order valence-electron chi connectivity index (χ2n) is 8.96. The fraction of sp³-hybridized carbons (Fsp3) is 0.520. The van der Waals surface area contributed by atoms with Crippen molar-refractivity contribution in [3.05, 3.63) is 47.8 Å². The highest BCUT2D eigenvalue weighted by Crippen LogP contribution is 2.34. The molecular weight excluding hydrogens is 402 g/mol. The second kappa shape index (κ2) is 9.36. The van der Waals surface area contributed by atoms with E-state index in [2.05, 4.69) is 32.0 Å². The van der Waals surface area contributed by atoms with Crippen molar-refractivity contribution in [1.29, 1.82) is 0 Å². The Kier molecular flexibility index (Phi) is 6.17. The van der Waals surface area contributed by atoms with Gasteiger partial charge in [0.15, 0.2) is 0 Å². The van der Waals surface area contributed by atoms with E-state index < -0.39 is 0 Å². The summed E-state index contributed by atoms with van der Waals surface area (Å²) in [6.45, 7) is 7.33. The number of hydrogen-bond acceptors (Lipinski definition) is 7. The zero-order valence-electron chi connectivity index (χ0n) is 19.0. The van der Waals surface area contributed by atoms with Crippen LogP contribution in [0.15, 0.2) is 30.7 Å². The molecule has 0 spiro atoms. The third kappa shape index (κ3) is 4.67. The van der Waals surface area contributed by atoms with Gasteiger partial charge in [-0.3, -0.25) is 15.0 Å². The van der Waals surface area contributed by atoms with Crippen molar-refractivity contribution in [3.63, 3.8) is 0 Å². The first-order valence-corrected chi connectivity index (χ1v) is 11.7. The van der Waals surface area contributed by atoms with Crippen molar-refractivity contribution in [3.8, 4) is 5.75 Å². The maximum Gasteiger partial charge on any atom is 0.149 e. The highest BCUT2D eigenvalue weighted by molar-refractivity contribution is 5.85. The van der Waals surface area contributed by atoms with E-state index in [1.807, 2.05) is 20.0 Å². The molecule has 0 atom stereocenters. The van der Waals surface area contributed by atoms with Gasteiger partial charge >= 0.3 is 0 Å². The highest BCUT2D eigenvalue weighted by Gasteiger charge is 2.25. The molecule has 1 saturated heterocycles. The normalized spacial score (nSPS) is 21.6. The SMILES string of the molecule is Cc1ncc(CC2CCC(Oc3cc(N4CCOCC4)cc4nccnc34)CC2)nc1C. The molecule has 32 heavy (non-hydrogen) atoms. The standard InChI is InChI=1S/C25H31N5O2/c1-17-18(2)29-20(16-28-17)13-19-3-5-22(6-4-19)32-24-15-21(30-9-11-31-12-10-30)14-23-25(24)27-8-7-26-23/h7-8,14-16,19,22H,3-6,9-13H2,1-2H3. The first-order chi connectivity index (χ1) is 15.7. The molecule has 3 aromatic rings. The lowest BCUT2D eigenvalue weighted by Crippen LogP contribution is -2.36. The Balaban J connectivity index is 1.27.